The van der Waals surface area contributed by atoms with E-state index in [-0.39, 0.29) is 10.9 Å². The minimum absolute atomic E-state index is 0.0859. The summed E-state index contributed by atoms with van der Waals surface area (Å²) < 4.78 is 28.3. The Balaban J connectivity index is 2.16. The molecule has 0 aliphatic rings. The van der Waals surface area contributed by atoms with Gasteiger partial charge in [-0.15, -0.1) is 0 Å². The van der Waals surface area contributed by atoms with Crippen LogP contribution in [0.4, 0.5) is 20.3 Å². The minimum atomic E-state index is -2.84. The smallest absolute Gasteiger partial charge is 0.387 e. The third-order valence-corrected chi connectivity index (χ3v) is 2.87. The number of benzene rings is 1. The Labute approximate surface area is 119 Å². The highest BCUT2D eigenvalue weighted by molar-refractivity contribution is 6.31. The Hall–Kier alpha value is -1.95. The molecule has 0 aliphatic heterocycles. The first-order chi connectivity index (χ1) is 9.45. The van der Waals surface area contributed by atoms with Crippen molar-refractivity contribution in [3.8, 4) is 5.75 Å². The van der Waals surface area contributed by atoms with Crippen molar-refractivity contribution in [1.82, 2.24) is 9.97 Å². The van der Waals surface area contributed by atoms with E-state index in [0.29, 0.717) is 11.5 Å². The fraction of sp³-hybridized carbons (Fsp3) is 0.231. The zero-order valence-electron chi connectivity index (χ0n) is 10.8. The van der Waals surface area contributed by atoms with Gasteiger partial charge in [0.1, 0.15) is 5.75 Å². The molecule has 2 aromatic rings. The van der Waals surface area contributed by atoms with Crippen molar-refractivity contribution in [2.75, 3.05) is 5.32 Å². The van der Waals surface area contributed by atoms with Gasteiger partial charge in [0.15, 0.2) is 11.0 Å². The maximum Gasteiger partial charge on any atom is 0.387 e. The molecule has 0 aliphatic carbocycles. The Kier molecular flexibility index (Phi) is 4.34. The number of nitrogens with zero attached hydrogens (tertiary/aromatic N) is 2. The number of rotatable bonds is 4. The largest absolute Gasteiger partial charge is 0.435 e. The van der Waals surface area contributed by atoms with Gasteiger partial charge < -0.3 is 10.1 Å². The Morgan fingerprint density at radius 3 is 2.30 bits per heavy atom. The predicted octanol–water partition coefficient (Wildman–Crippen LogP) is 4.09. The van der Waals surface area contributed by atoms with Crippen LogP contribution in [-0.4, -0.2) is 16.6 Å². The van der Waals surface area contributed by atoms with Crippen LogP contribution < -0.4 is 10.1 Å². The Morgan fingerprint density at radius 1 is 1.10 bits per heavy atom. The average Bonchev–Trinajstić information content (AvgIpc) is 2.37. The third-order valence-electron chi connectivity index (χ3n) is 2.61. The van der Waals surface area contributed by atoms with E-state index in [1.54, 1.807) is 12.1 Å². The molecule has 2 rings (SSSR count). The van der Waals surface area contributed by atoms with Crippen molar-refractivity contribution >= 4 is 23.1 Å². The molecule has 0 atom stereocenters. The number of hydrogen-bond donors (Lipinski definition) is 1. The van der Waals surface area contributed by atoms with Crippen molar-refractivity contribution in [3.05, 3.63) is 40.8 Å². The fourth-order valence-electron chi connectivity index (χ4n) is 1.51. The molecule has 0 saturated heterocycles. The van der Waals surface area contributed by atoms with Gasteiger partial charge in [-0.3, -0.25) is 0 Å². The molecule has 0 amide bonds. The van der Waals surface area contributed by atoms with Crippen molar-refractivity contribution in [3.63, 3.8) is 0 Å². The molecule has 1 aromatic heterocycles. The summed E-state index contributed by atoms with van der Waals surface area (Å²) in [7, 11) is 0. The van der Waals surface area contributed by atoms with Crippen LogP contribution in [0.25, 0.3) is 0 Å². The average molecular weight is 300 g/mol. The number of nitrogens with one attached hydrogen (secondary N) is 1. The summed E-state index contributed by atoms with van der Waals surface area (Å²) in [4.78, 5) is 8.42. The van der Waals surface area contributed by atoms with E-state index in [1.807, 2.05) is 13.8 Å². The lowest BCUT2D eigenvalue weighted by atomic mass is 10.3. The van der Waals surface area contributed by atoms with Gasteiger partial charge in [0.25, 0.3) is 0 Å². The second-order valence-electron chi connectivity index (χ2n) is 4.06. The SMILES string of the molecule is Cc1nc(Cl)c(Nc2ccc(OC(F)F)cc2)nc1C. The van der Waals surface area contributed by atoms with Gasteiger partial charge in [-0.05, 0) is 38.1 Å². The maximum atomic E-state index is 12.0. The molecule has 0 radical (unpaired) electrons. The lowest BCUT2D eigenvalue weighted by molar-refractivity contribution is -0.0498. The molecule has 1 N–H and O–H groups in total. The van der Waals surface area contributed by atoms with Gasteiger partial charge in [-0.1, -0.05) is 11.6 Å². The molecule has 0 fully saturated rings. The van der Waals surface area contributed by atoms with Crippen LogP contribution in [0.2, 0.25) is 5.15 Å². The van der Waals surface area contributed by atoms with Gasteiger partial charge in [0.2, 0.25) is 0 Å². The van der Waals surface area contributed by atoms with E-state index < -0.39 is 6.61 Å². The number of ether oxygens (including phenoxy) is 1. The topological polar surface area (TPSA) is 47.0 Å². The molecule has 4 nitrogen and oxygen atoms in total. The molecular formula is C13H12ClF2N3O. The van der Waals surface area contributed by atoms with Crippen molar-refractivity contribution < 1.29 is 13.5 Å². The highest BCUT2D eigenvalue weighted by Gasteiger charge is 2.08. The molecule has 7 heteroatoms. The number of aryl methyl sites for hydroxylation is 2. The number of hydrogen-bond acceptors (Lipinski definition) is 4. The maximum absolute atomic E-state index is 12.0. The van der Waals surface area contributed by atoms with Gasteiger partial charge in [0.05, 0.1) is 11.4 Å². The van der Waals surface area contributed by atoms with Crippen LogP contribution >= 0.6 is 11.6 Å². The molecule has 0 unspecified atom stereocenters. The molecule has 20 heavy (non-hydrogen) atoms. The van der Waals surface area contributed by atoms with Crippen molar-refractivity contribution in [1.29, 1.82) is 0 Å². The van der Waals surface area contributed by atoms with Gasteiger partial charge in [0, 0.05) is 5.69 Å². The second kappa shape index (κ2) is 6.00. The van der Waals surface area contributed by atoms with E-state index in [0.717, 1.165) is 11.4 Å². The summed E-state index contributed by atoms with van der Waals surface area (Å²) in [5.74, 6) is 0.500. The highest BCUT2D eigenvalue weighted by atomic mass is 35.5. The summed E-state index contributed by atoms with van der Waals surface area (Å²) in [6.07, 6.45) is 0. The van der Waals surface area contributed by atoms with Crippen LogP contribution in [0, 0.1) is 13.8 Å². The van der Waals surface area contributed by atoms with Crippen LogP contribution in [0.1, 0.15) is 11.4 Å². The monoisotopic (exact) mass is 299 g/mol. The highest BCUT2D eigenvalue weighted by Crippen LogP contribution is 2.24. The van der Waals surface area contributed by atoms with Crippen molar-refractivity contribution in [2.24, 2.45) is 0 Å². The molecule has 0 bridgehead atoms. The Bertz CT molecular complexity index is 605. The second-order valence-corrected chi connectivity index (χ2v) is 4.42. The number of aromatic nitrogens is 2. The van der Waals surface area contributed by atoms with Gasteiger partial charge in [-0.2, -0.15) is 8.78 Å². The van der Waals surface area contributed by atoms with Crippen LogP contribution in [-0.2, 0) is 0 Å². The van der Waals surface area contributed by atoms with E-state index in [2.05, 4.69) is 20.0 Å². The first kappa shape index (κ1) is 14.5. The zero-order valence-corrected chi connectivity index (χ0v) is 11.6. The van der Waals surface area contributed by atoms with Crippen LogP contribution in [0.5, 0.6) is 5.75 Å². The van der Waals surface area contributed by atoms with E-state index in [1.165, 1.54) is 12.1 Å². The summed E-state index contributed by atoms with van der Waals surface area (Å²) in [6, 6.07) is 6.03. The number of alkyl halides is 2. The first-order valence-electron chi connectivity index (χ1n) is 5.78. The quantitative estimate of drug-likeness (QED) is 0.923. The summed E-state index contributed by atoms with van der Waals surface area (Å²) >= 11 is 5.99. The van der Waals surface area contributed by atoms with E-state index >= 15 is 0 Å². The molecule has 0 saturated carbocycles. The lowest BCUT2D eigenvalue weighted by Gasteiger charge is -2.10. The molecule has 106 valence electrons. The van der Waals surface area contributed by atoms with Crippen LogP contribution in [0.15, 0.2) is 24.3 Å². The van der Waals surface area contributed by atoms with E-state index in [9.17, 15) is 8.78 Å². The lowest BCUT2D eigenvalue weighted by Crippen LogP contribution is -2.02. The van der Waals surface area contributed by atoms with Gasteiger partial charge >= 0.3 is 6.61 Å². The predicted molar refractivity (Wildman–Crippen MR) is 72.9 cm³/mol. The molecule has 1 aromatic carbocycles. The van der Waals surface area contributed by atoms with Crippen LogP contribution in [0.3, 0.4) is 0 Å². The first-order valence-corrected chi connectivity index (χ1v) is 6.16. The van der Waals surface area contributed by atoms with Crippen molar-refractivity contribution in [2.45, 2.75) is 20.5 Å². The summed E-state index contributed by atoms with van der Waals surface area (Å²) in [5.41, 5.74) is 2.15. The number of anilines is 2. The standard InChI is InChI=1S/C13H12ClF2N3O/c1-7-8(2)18-12(11(14)17-7)19-9-3-5-10(6-4-9)20-13(15)16/h3-6,13H,1-2H3,(H,18,19). The van der Waals surface area contributed by atoms with Gasteiger partial charge in [-0.25, -0.2) is 9.97 Å². The molecular weight excluding hydrogens is 288 g/mol. The zero-order chi connectivity index (χ0) is 14.7. The molecule has 1 heterocycles. The summed E-state index contributed by atoms with van der Waals surface area (Å²) in [5, 5.41) is 3.22. The normalized spacial score (nSPS) is 10.7. The molecule has 0 spiro atoms. The minimum Gasteiger partial charge on any atom is -0.435 e. The van der Waals surface area contributed by atoms with E-state index in [4.69, 9.17) is 11.6 Å². The summed E-state index contributed by atoms with van der Waals surface area (Å²) in [6.45, 7) is 0.798. The number of halogens is 3. The third kappa shape index (κ3) is 3.54. The Morgan fingerprint density at radius 2 is 1.70 bits per heavy atom. The fourth-order valence-corrected chi connectivity index (χ4v) is 1.73.